The Morgan fingerprint density at radius 3 is 2.81 bits per heavy atom. The maximum Gasteiger partial charge on any atom is 0.229 e. The van der Waals surface area contributed by atoms with Gasteiger partial charge in [0, 0.05) is 4.90 Å². The number of aliphatic hydroxyl groups is 1. The number of hydrogen-bond acceptors (Lipinski definition) is 5. The zero-order chi connectivity index (χ0) is 15.2. The first-order valence-electron chi connectivity index (χ1n) is 6.91. The predicted molar refractivity (Wildman–Crippen MR) is 84.5 cm³/mol. The van der Waals surface area contributed by atoms with Crippen LogP contribution >= 0.6 is 23.4 Å². The molecule has 21 heavy (non-hydrogen) atoms. The molecule has 2 aromatic rings. The number of halogens is 1. The zero-order valence-corrected chi connectivity index (χ0v) is 13.7. The SMILES string of the molecule is CC(C)CC(O)Cc1nc(CSc2ccccc2Cl)no1. The smallest absolute Gasteiger partial charge is 0.229 e. The van der Waals surface area contributed by atoms with Crippen molar-refractivity contribution in [2.75, 3.05) is 0 Å². The molecule has 1 aromatic carbocycles. The first-order chi connectivity index (χ1) is 10.0. The largest absolute Gasteiger partial charge is 0.393 e. The molecule has 0 fully saturated rings. The monoisotopic (exact) mass is 326 g/mol. The highest BCUT2D eigenvalue weighted by molar-refractivity contribution is 7.98. The molecule has 0 spiro atoms. The molecule has 0 amide bonds. The van der Waals surface area contributed by atoms with Gasteiger partial charge in [-0.2, -0.15) is 4.98 Å². The summed E-state index contributed by atoms with van der Waals surface area (Å²) in [5.41, 5.74) is 0. The Morgan fingerprint density at radius 2 is 2.10 bits per heavy atom. The van der Waals surface area contributed by atoms with Crippen LogP contribution in [0.25, 0.3) is 0 Å². The molecule has 2 rings (SSSR count). The fraction of sp³-hybridized carbons (Fsp3) is 0.467. The lowest BCUT2D eigenvalue weighted by Crippen LogP contribution is -2.13. The third-order valence-electron chi connectivity index (χ3n) is 2.86. The second-order valence-corrected chi connectivity index (χ2v) is 6.74. The van der Waals surface area contributed by atoms with Gasteiger partial charge in [-0.1, -0.05) is 42.7 Å². The normalized spacial score (nSPS) is 12.8. The van der Waals surface area contributed by atoms with Crippen LogP contribution in [0.1, 0.15) is 32.0 Å². The lowest BCUT2D eigenvalue weighted by atomic mass is 10.0. The summed E-state index contributed by atoms with van der Waals surface area (Å²) in [6, 6.07) is 7.65. The molecule has 0 bridgehead atoms. The third-order valence-corrected chi connectivity index (χ3v) is 4.37. The zero-order valence-electron chi connectivity index (χ0n) is 12.1. The minimum Gasteiger partial charge on any atom is -0.393 e. The minimum absolute atomic E-state index is 0.405. The first kappa shape index (κ1) is 16.3. The second-order valence-electron chi connectivity index (χ2n) is 5.31. The van der Waals surface area contributed by atoms with Crippen molar-refractivity contribution in [3.8, 4) is 0 Å². The summed E-state index contributed by atoms with van der Waals surface area (Å²) in [7, 11) is 0. The van der Waals surface area contributed by atoms with E-state index in [1.165, 1.54) is 0 Å². The highest BCUT2D eigenvalue weighted by Gasteiger charge is 2.14. The molecule has 1 aromatic heterocycles. The standard InChI is InChI=1S/C15H19ClN2O2S/c1-10(2)7-11(19)8-15-17-14(18-20-15)9-21-13-6-4-3-5-12(13)16/h3-6,10-11,19H,7-9H2,1-2H3. The predicted octanol–water partition coefficient (Wildman–Crippen LogP) is 3.96. The molecule has 114 valence electrons. The first-order valence-corrected chi connectivity index (χ1v) is 8.27. The Kier molecular flexibility index (Phi) is 6.08. The molecule has 0 aliphatic heterocycles. The molecule has 0 radical (unpaired) electrons. The molecule has 0 aliphatic rings. The van der Waals surface area contributed by atoms with Crippen molar-refractivity contribution in [2.24, 2.45) is 5.92 Å². The molecule has 0 aliphatic carbocycles. The van der Waals surface area contributed by atoms with Crippen molar-refractivity contribution in [2.45, 2.75) is 43.4 Å². The van der Waals surface area contributed by atoms with Gasteiger partial charge in [-0.25, -0.2) is 0 Å². The van der Waals surface area contributed by atoms with Gasteiger partial charge in [-0.15, -0.1) is 11.8 Å². The molecule has 6 heteroatoms. The molecule has 1 N–H and O–H groups in total. The van der Waals surface area contributed by atoms with E-state index in [9.17, 15) is 5.11 Å². The molecular formula is C15H19ClN2O2S. The number of aromatic nitrogens is 2. The van der Waals surface area contributed by atoms with Crippen LogP contribution in [0.5, 0.6) is 0 Å². The Morgan fingerprint density at radius 1 is 1.33 bits per heavy atom. The van der Waals surface area contributed by atoms with Gasteiger partial charge in [0.1, 0.15) is 0 Å². The summed E-state index contributed by atoms with van der Waals surface area (Å²) in [6.45, 7) is 4.14. The Balaban J connectivity index is 1.87. The van der Waals surface area contributed by atoms with Crippen molar-refractivity contribution < 1.29 is 9.63 Å². The number of aliphatic hydroxyl groups excluding tert-OH is 1. The van der Waals surface area contributed by atoms with Crippen LogP contribution in [0.3, 0.4) is 0 Å². The highest BCUT2D eigenvalue weighted by Crippen LogP contribution is 2.28. The second kappa shape index (κ2) is 7.82. The fourth-order valence-corrected chi connectivity index (χ4v) is 3.05. The summed E-state index contributed by atoms with van der Waals surface area (Å²) in [5, 5.41) is 14.5. The lowest BCUT2D eigenvalue weighted by Gasteiger charge is -2.09. The summed E-state index contributed by atoms with van der Waals surface area (Å²) < 4.78 is 5.17. The summed E-state index contributed by atoms with van der Waals surface area (Å²) in [5.74, 6) is 2.13. The van der Waals surface area contributed by atoms with Crippen LogP contribution in [-0.4, -0.2) is 21.4 Å². The van der Waals surface area contributed by atoms with E-state index in [1.807, 2.05) is 24.3 Å². The van der Waals surface area contributed by atoms with E-state index in [4.69, 9.17) is 16.1 Å². The van der Waals surface area contributed by atoms with Crippen LogP contribution in [0, 0.1) is 5.92 Å². The van der Waals surface area contributed by atoms with E-state index in [-0.39, 0.29) is 0 Å². The van der Waals surface area contributed by atoms with Crippen molar-refractivity contribution in [1.29, 1.82) is 0 Å². The minimum atomic E-state index is -0.436. The van der Waals surface area contributed by atoms with Crippen molar-refractivity contribution in [3.63, 3.8) is 0 Å². The number of hydrogen-bond donors (Lipinski definition) is 1. The van der Waals surface area contributed by atoms with Crippen LogP contribution in [-0.2, 0) is 12.2 Å². The average molecular weight is 327 g/mol. The summed E-state index contributed by atoms with van der Waals surface area (Å²) in [4.78, 5) is 5.29. The number of rotatable bonds is 7. The number of nitrogens with zero attached hydrogens (tertiary/aromatic N) is 2. The number of thioether (sulfide) groups is 1. The van der Waals surface area contributed by atoms with E-state index >= 15 is 0 Å². The van der Waals surface area contributed by atoms with E-state index in [2.05, 4.69) is 24.0 Å². The highest BCUT2D eigenvalue weighted by atomic mass is 35.5. The molecule has 1 heterocycles. The third kappa shape index (κ3) is 5.34. The Bertz CT molecular complexity index is 574. The van der Waals surface area contributed by atoms with Crippen molar-refractivity contribution >= 4 is 23.4 Å². The fourth-order valence-electron chi connectivity index (χ4n) is 1.96. The molecule has 0 saturated heterocycles. The maximum absolute atomic E-state index is 9.88. The van der Waals surface area contributed by atoms with Gasteiger partial charge >= 0.3 is 0 Å². The van der Waals surface area contributed by atoms with Crippen LogP contribution < -0.4 is 0 Å². The van der Waals surface area contributed by atoms with Crippen LogP contribution in [0.15, 0.2) is 33.7 Å². The van der Waals surface area contributed by atoms with Gasteiger partial charge in [0.25, 0.3) is 0 Å². The molecule has 1 unspecified atom stereocenters. The molecule has 0 saturated carbocycles. The van der Waals surface area contributed by atoms with Gasteiger partial charge in [0.15, 0.2) is 5.82 Å². The summed E-state index contributed by atoms with van der Waals surface area (Å²) >= 11 is 7.66. The number of benzene rings is 1. The van der Waals surface area contributed by atoms with Gasteiger partial charge < -0.3 is 9.63 Å². The summed E-state index contributed by atoms with van der Waals surface area (Å²) in [6.07, 6.45) is 0.697. The Labute approximate surface area is 133 Å². The van der Waals surface area contributed by atoms with E-state index in [1.54, 1.807) is 11.8 Å². The quantitative estimate of drug-likeness (QED) is 0.780. The Hall–Kier alpha value is -1.04. The van der Waals surface area contributed by atoms with Crippen molar-refractivity contribution in [3.05, 3.63) is 41.0 Å². The van der Waals surface area contributed by atoms with Crippen LogP contribution in [0.2, 0.25) is 5.02 Å². The topological polar surface area (TPSA) is 59.2 Å². The van der Waals surface area contributed by atoms with Gasteiger partial charge in [0.2, 0.25) is 5.89 Å². The molecule has 4 nitrogen and oxygen atoms in total. The lowest BCUT2D eigenvalue weighted by molar-refractivity contribution is 0.138. The van der Waals surface area contributed by atoms with E-state index in [0.717, 1.165) is 16.3 Å². The maximum atomic E-state index is 9.88. The molecule has 1 atom stereocenters. The van der Waals surface area contributed by atoms with E-state index in [0.29, 0.717) is 29.8 Å². The van der Waals surface area contributed by atoms with E-state index < -0.39 is 6.10 Å². The molecular weight excluding hydrogens is 308 g/mol. The van der Waals surface area contributed by atoms with Crippen molar-refractivity contribution in [1.82, 2.24) is 10.1 Å². The van der Waals surface area contributed by atoms with Crippen LogP contribution in [0.4, 0.5) is 0 Å². The van der Waals surface area contributed by atoms with Gasteiger partial charge in [-0.05, 0) is 24.5 Å². The van der Waals surface area contributed by atoms with Gasteiger partial charge in [0.05, 0.1) is 23.3 Å². The average Bonchev–Trinajstić information content (AvgIpc) is 2.84. The van der Waals surface area contributed by atoms with Gasteiger partial charge in [-0.3, -0.25) is 0 Å².